The van der Waals surface area contributed by atoms with Crippen LogP contribution in [0.15, 0.2) is 47.8 Å². The number of rotatable bonds is 8. The first kappa shape index (κ1) is 21.1. The van der Waals surface area contributed by atoms with Gasteiger partial charge in [0.25, 0.3) is 11.8 Å². The molecule has 0 saturated heterocycles. The normalized spacial score (nSPS) is 10.2. The monoisotopic (exact) mass is 427 g/mol. The van der Waals surface area contributed by atoms with E-state index in [-0.39, 0.29) is 17.5 Å². The van der Waals surface area contributed by atoms with Crippen LogP contribution in [0.25, 0.3) is 0 Å². The highest BCUT2D eigenvalue weighted by Gasteiger charge is 2.15. The number of methoxy groups -OCH3 is 3. The highest BCUT2D eigenvalue weighted by molar-refractivity contribution is 7.14. The topological polar surface area (TPSA) is 98.8 Å². The third kappa shape index (κ3) is 5.26. The molecule has 1 heterocycles. The largest absolute Gasteiger partial charge is 0.497 e. The van der Waals surface area contributed by atoms with E-state index in [1.165, 1.54) is 14.2 Å². The number of amides is 2. The summed E-state index contributed by atoms with van der Waals surface area (Å²) < 4.78 is 15.5. The van der Waals surface area contributed by atoms with Crippen LogP contribution >= 0.6 is 11.3 Å². The van der Waals surface area contributed by atoms with Crippen LogP contribution in [0.5, 0.6) is 17.2 Å². The van der Waals surface area contributed by atoms with Crippen LogP contribution < -0.4 is 24.8 Å². The molecule has 0 aliphatic carbocycles. The second-order valence-electron chi connectivity index (χ2n) is 6.13. The van der Waals surface area contributed by atoms with Crippen LogP contribution in [-0.2, 0) is 6.54 Å². The van der Waals surface area contributed by atoms with Gasteiger partial charge >= 0.3 is 0 Å². The lowest BCUT2D eigenvalue weighted by atomic mass is 10.2. The van der Waals surface area contributed by atoms with Gasteiger partial charge in [0.1, 0.15) is 22.9 Å². The lowest BCUT2D eigenvalue weighted by Gasteiger charge is -2.08. The van der Waals surface area contributed by atoms with Crippen molar-refractivity contribution in [3.63, 3.8) is 0 Å². The first-order chi connectivity index (χ1) is 14.5. The highest BCUT2D eigenvalue weighted by atomic mass is 32.1. The van der Waals surface area contributed by atoms with Crippen LogP contribution in [0.3, 0.4) is 0 Å². The number of hydrogen-bond donors (Lipinski definition) is 2. The molecular weight excluding hydrogens is 406 g/mol. The third-order valence-electron chi connectivity index (χ3n) is 4.16. The molecule has 0 saturated carbocycles. The van der Waals surface area contributed by atoms with Crippen molar-refractivity contribution in [2.45, 2.75) is 6.54 Å². The van der Waals surface area contributed by atoms with Gasteiger partial charge in [-0.3, -0.25) is 14.9 Å². The van der Waals surface area contributed by atoms with Crippen LogP contribution in [0.2, 0.25) is 0 Å². The number of benzene rings is 2. The number of nitrogens with one attached hydrogen (secondary N) is 2. The Bertz CT molecular complexity index is 1030. The van der Waals surface area contributed by atoms with Crippen molar-refractivity contribution in [1.29, 1.82) is 0 Å². The summed E-state index contributed by atoms with van der Waals surface area (Å²) in [4.78, 5) is 29.1. The molecule has 2 amide bonds. The number of carbonyl (C=O) groups excluding carboxylic acids is 2. The number of carbonyl (C=O) groups is 2. The van der Waals surface area contributed by atoms with Crippen molar-refractivity contribution in [2.75, 3.05) is 26.6 Å². The first-order valence-corrected chi connectivity index (χ1v) is 9.81. The van der Waals surface area contributed by atoms with E-state index in [0.29, 0.717) is 28.7 Å². The van der Waals surface area contributed by atoms with Crippen LogP contribution in [-0.4, -0.2) is 38.1 Å². The van der Waals surface area contributed by atoms with Crippen molar-refractivity contribution in [3.05, 3.63) is 64.7 Å². The lowest BCUT2D eigenvalue weighted by Crippen LogP contribution is -2.23. The van der Waals surface area contributed by atoms with E-state index in [4.69, 9.17) is 14.2 Å². The molecule has 0 aliphatic rings. The van der Waals surface area contributed by atoms with Crippen molar-refractivity contribution in [1.82, 2.24) is 10.3 Å². The molecule has 0 aliphatic heterocycles. The molecule has 0 radical (unpaired) electrons. The average Bonchev–Trinajstić information content (AvgIpc) is 3.25. The van der Waals surface area contributed by atoms with Gasteiger partial charge in [-0.05, 0) is 29.8 Å². The summed E-state index contributed by atoms with van der Waals surface area (Å²) in [5, 5.41) is 7.38. The van der Waals surface area contributed by atoms with Crippen molar-refractivity contribution in [3.8, 4) is 17.2 Å². The van der Waals surface area contributed by atoms with Gasteiger partial charge in [-0.15, -0.1) is 11.3 Å². The standard InChI is InChI=1S/C21H21N3O5S/c1-27-15-6-4-5-13(7-15)11-22-20(26)18-12-30-21(23-18)24-19(25)14-8-16(28-2)10-17(9-14)29-3/h4-10,12H,11H2,1-3H3,(H,22,26)(H,23,24,25). The van der Waals surface area contributed by atoms with Gasteiger partial charge in [0.15, 0.2) is 5.13 Å². The van der Waals surface area contributed by atoms with Crippen LogP contribution in [0.4, 0.5) is 5.13 Å². The smallest absolute Gasteiger partial charge is 0.271 e. The zero-order valence-corrected chi connectivity index (χ0v) is 17.5. The molecule has 1 aromatic heterocycles. The Morgan fingerprint density at radius 2 is 1.63 bits per heavy atom. The number of aromatic nitrogens is 1. The Morgan fingerprint density at radius 3 is 2.30 bits per heavy atom. The zero-order valence-electron chi connectivity index (χ0n) is 16.7. The van der Waals surface area contributed by atoms with Crippen molar-refractivity contribution in [2.24, 2.45) is 0 Å². The van der Waals surface area contributed by atoms with Gasteiger partial charge in [-0.25, -0.2) is 4.98 Å². The zero-order chi connectivity index (χ0) is 21.5. The van der Waals surface area contributed by atoms with Gasteiger partial charge in [0.05, 0.1) is 21.3 Å². The van der Waals surface area contributed by atoms with Gasteiger partial charge in [0, 0.05) is 23.6 Å². The Morgan fingerprint density at radius 1 is 0.933 bits per heavy atom. The van der Waals surface area contributed by atoms with Crippen molar-refractivity contribution < 1.29 is 23.8 Å². The quantitative estimate of drug-likeness (QED) is 0.572. The maximum atomic E-state index is 12.5. The summed E-state index contributed by atoms with van der Waals surface area (Å²) >= 11 is 1.16. The molecule has 0 fully saturated rings. The molecule has 156 valence electrons. The van der Waals surface area contributed by atoms with Gasteiger partial charge in [-0.1, -0.05) is 12.1 Å². The summed E-state index contributed by atoms with van der Waals surface area (Å²) in [7, 11) is 4.60. The fraction of sp³-hybridized carbons (Fsp3) is 0.190. The van der Waals surface area contributed by atoms with E-state index in [0.717, 1.165) is 22.6 Å². The molecule has 2 N–H and O–H groups in total. The summed E-state index contributed by atoms with van der Waals surface area (Å²) in [6.45, 7) is 0.332. The molecule has 30 heavy (non-hydrogen) atoms. The molecule has 2 aromatic carbocycles. The van der Waals surface area contributed by atoms with E-state index in [1.807, 2.05) is 24.3 Å². The van der Waals surface area contributed by atoms with E-state index in [2.05, 4.69) is 15.6 Å². The van der Waals surface area contributed by atoms with Crippen molar-refractivity contribution >= 4 is 28.3 Å². The molecule has 3 rings (SSSR count). The molecule has 0 atom stereocenters. The maximum Gasteiger partial charge on any atom is 0.271 e. The second kappa shape index (κ2) is 9.75. The molecule has 8 nitrogen and oxygen atoms in total. The Balaban J connectivity index is 1.63. The van der Waals surface area contributed by atoms with Crippen LogP contribution in [0.1, 0.15) is 26.4 Å². The minimum Gasteiger partial charge on any atom is -0.497 e. The van der Waals surface area contributed by atoms with E-state index in [1.54, 1.807) is 30.7 Å². The van der Waals surface area contributed by atoms with Crippen LogP contribution in [0, 0.1) is 0 Å². The fourth-order valence-corrected chi connectivity index (χ4v) is 3.28. The molecule has 9 heteroatoms. The number of hydrogen-bond acceptors (Lipinski definition) is 7. The summed E-state index contributed by atoms with van der Waals surface area (Å²) in [5.41, 5.74) is 1.48. The Kier molecular flexibility index (Phi) is 6.87. The van der Waals surface area contributed by atoms with E-state index < -0.39 is 0 Å². The summed E-state index contributed by atoms with van der Waals surface area (Å²) in [6.07, 6.45) is 0. The molecule has 3 aromatic rings. The third-order valence-corrected chi connectivity index (χ3v) is 4.92. The first-order valence-electron chi connectivity index (χ1n) is 8.93. The Labute approximate surface area is 177 Å². The fourth-order valence-electron chi connectivity index (χ4n) is 2.60. The Hall–Kier alpha value is -3.59. The number of ether oxygens (including phenoxy) is 3. The number of thiazole rings is 1. The highest BCUT2D eigenvalue weighted by Crippen LogP contribution is 2.24. The van der Waals surface area contributed by atoms with E-state index in [9.17, 15) is 9.59 Å². The molecular formula is C21H21N3O5S. The van der Waals surface area contributed by atoms with Gasteiger partial charge in [0.2, 0.25) is 0 Å². The minimum absolute atomic E-state index is 0.224. The van der Waals surface area contributed by atoms with E-state index >= 15 is 0 Å². The van der Waals surface area contributed by atoms with Gasteiger partial charge < -0.3 is 19.5 Å². The molecule has 0 spiro atoms. The minimum atomic E-state index is -0.384. The van der Waals surface area contributed by atoms with Gasteiger partial charge in [-0.2, -0.15) is 0 Å². The predicted molar refractivity (Wildman–Crippen MR) is 114 cm³/mol. The molecule has 0 bridgehead atoms. The maximum absolute atomic E-state index is 12.5. The predicted octanol–water partition coefficient (Wildman–Crippen LogP) is 3.35. The summed E-state index contributed by atoms with van der Waals surface area (Å²) in [5.74, 6) is 0.990. The number of anilines is 1. The molecule has 0 unspecified atom stereocenters. The second-order valence-corrected chi connectivity index (χ2v) is 6.99. The SMILES string of the molecule is COc1cccc(CNC(=O)c2csc(NC(=O)c3cc(OC)cc(OC)c3)n2)c1. The average molecular weight is 427 g/mol. The number of nitrogens with zero attached hydrogens (tertiary/aromatic N) is 1. The summed E-state index contributed by atoms with van der Waals surface area (Å²) in [6, 6.07) is 12.3. The lowest BCUT2D eigenvalue weighted by molar-refractivity contribution is 0.0945.